The van der Waals surface area contributed by atoms with E-state index in [1.54, 1.807) is 0 Å². The first-order valence-corrected chi connectivity index (χ1v) is 6.55. The first kappa shape index (κ1) is 26.3. The highest BCUT2D eigenvalue weighted by molar-refractivity contribution is 4.38. The first-order chi connectivity index (χ1) is 8.74. The molecule has 0 saturated heterocycles. The summed E-state index contributed by atoms with van der Waals surface area (Å²) >= 11 is 0. The van der Waals surface area contributed by atoms with Gasteiger partial charge in [-0.25, -0.2) is 0 Å². The fourth-order valence-corrected chi connectivity index (χ4v) is 0.715. The quantitative estimate of drug-likeness (QED) is 0.188. The van der Waals surface area contributed by atoms with Gasteiger partial charge in [-0.15, -0.1) is 0 Å². The van der Waals surface area contributed by atoms with E-state index < -0.39 is 0 Å². The minimum absolute atomic E-state index is 0.861. The van der Waals surface area contributed by atoms with Gasteiger partial charge in [0.2, 0.25) is 0 Å². The Morgan fingerprint density at radius 3 is 1.50 bits per heavy atom. The molecule has 11 N–H and O–H groups in total. The summed E-state index contributed by atoms with van der Waals surface area (Å²) in [7, 11) is 3.64. The Hall–Kier alpha value is -0.280. The Kier molecular flexibility index (Phi) is 63.9. The van der Waals surface area contributed by atoms with E-state index in [0.717, 1.165) is 19.5 Å². The summed E-state index contributed by atoms with van der Waals surface area (Å²) in [6, 6.07) is 0. The molecule has 0 aliphatic rings. The van der Waals surface area contributed by atoms with Gasteiger partial charge in [0.15, 0.2) is 0 Å². The molecule has 7 nitrogen and oxygen atoms in total. The molecule has 0 atom stereocenters. The molecular weight excluding hydrogens is 230 g/mol. The van der Waals surface area contributed by atoms with Gasteiger partial charge < -0.3 is 5.73 Å². The topological polar surface area (TPSA) is 140 Å². The van der Waals surface area contributed by atoms with Crippen LogP contribution < -0.4 is 39.5 Å². The standard InChI is InChI=1S/C6H15N.C3H10N2.C2H8N2.H4N2/c1-2-3-4-5-6-7;1-2-3-5-4;1-3-4-2;1-2/h2-7H2,1H3;5H,2-4H2,1H3;3-4H,1-2H3;1-2H2. The molecule has 0 saturated carbocycles. The van der Waals surface area contributed by atoms with Crippen LogP contribution in [-0.4, -0.2) is 27.2 Å². The zero-order chi connectivity index (χ0) is 15.1. The van der Waals surface area contributed by atoms with Crippen molar-refractivity contribution >= 4 is 0 Å². The van der Waals surface area contributed by atoms with Crippen LogP contribution in [-0.2, 0) is 0 Å². The Balaban J connectivity index is -0.0000000791. The lowest BCUT2D eigenvalue weighted by atomic mass is 10.2. The maximum atomic E-state index is 5.27. The average molecular weight is 267 g/mol. The van der Waals surface area contributed by atoms with Crippen LogP contribution in [0.15, 0.2) is 0 Å². The van der Waals surface area contributed by atoms with E-state index in [-0.39, 0.29) is 0 Å². The Morgan fingerprint density at radius 1 is 0.833 bits per heavy atom. The van der Waals surface area contributed by atoms with Crippen LogP contribution in [0, 0.1) is 0 Å². The van der Waals surface area contributed by atoms with Gasteiger partial charge in [-0.1, -0.05) is 33.1 Å². The third-order valence-electron chi connectivity index (χ3n) is 1.70. The second kappa shape index (κ2) is 43.7. The third-order valence-corrected chi connectivity index (χ3v) is 1.70. The monoisotopic (exact) mass is 267 g/mol. The molecule has 0 amide bonds. The van der Waals surface area contributed by atoms with E-state index in [9.17, 15) is 0 Å². The molecule has 0 heterocycles. The van der Waals surface area contributed by atoms with Crippen molar-refractivity contribution in [2.45, 2.75) is 46.0 Å². The van der Waals surface area contributed by atoms with Crippen LogP contribution in [0.25, 0.3) is 0 Å². The predicted octanol–water partition coefficient (Wildman–Crippen LogP) is -0.456. The highest BCUT2D eigenvalue weighted by atomic mass is 15.3. The van der Waals surface area contributed by atoms with E-state index in [0.29, 0.717) is 0 Å². The second-order valence-electron chi connectivity index (χ2n) is 3.30. The molecule has 0 aromatic rings. The van der Waals surface area contributed by atoms with Crippen LogP contribution in [0.4, 0.5) is 0 Å². The van der Waals surface area contributed by atoms with Gasteiger partial charge in [0, 0.05) is 6.54 Å². The minimum atomic E-state index is 0.861. The molecule has 0 unspecified atom stereocenters. The zero-order valence-electron chi connectivity index (χ0n) is 12.8. The van der Waals surface area contributed by atoms with E-state index in [1.807, 2.05) is 14.1 Å². The van der Waals surface area contributed by atoms with Gasteiger partial charge in [-0.3, -0.25) is 33.8 Å². The van der Waals surface area contributed by atoms with Gasteiger partial charge in [-0.05, 0) is 33.5 Å². The molecule has 0 rings (SSSR count). The van der Waals surface area contributed by atoms with Gasteiger partial charge in [-0.2, -0.15) is 0 Å². The number of hydrazine groups is 3. The fourth-order valence-electron chi connectivity index (χ4n) is 0.715. The second-order valence-corrected chi connectivity index (χ2v) is 3.30. The van der Waals surface area contributed by atoms with Gasteiger partial charge >= 0.3 is 0 Å². The number of hydrogen-bond acceptors (Lipinski definition) is 7. The van der Waals surface area contributed by atoms with Crippen LogP contribution in [0.1, 0.15) is 46.0 Å². The zero-order valence-corrected chi connectivity index (χ0v) is 12.8. The first-order valence-electron chi connectivity index (χ1n) is 6.55. The summed E-state index contributed by atoms with van der Waals surface area (Å²) in [4.78, 5) is 0. The van der Waals surface area contributed by atoms with E-state index in [4.69, 9.17) is 11.6 Å². The molecule has 0 aliphatic carbocycles. The van der Waals surface area contributed by atoms with Gasteiger partial charge in [0.05, 0.1) is 0 Å². The number of nitrogens with two attached hydrogens (primary N) is 4. The van der Waals surface area contributed by atoms with Gasteiger partial charge in [0.1, 0.15) is 0 Å². The highest BCUT2D eigenvalue weighted by Gasteiger charge is 1.80. The van der Waals surface area contributed by atoms with Gasteiger partial charge in [0.25, 0.3) is 0 Å². The lowest BCUT2D eigenvalue weighted by Gasteiger charge is -1.90. The minimum Gasteiger partial charge on any atom is -0.330 e. The Labute approximate surface area is 113 Å². The lowest BCUT2D eigenvalue weighted by molar-refractivity contribution is 0.674. The smallest absolute Gasteiger partial charge is 0.00947 e. The molecule has 0 radical (unpaired) electrons. The van der Waals surface area contributed by atoms with Crippen LogP contribution in [0.3, 0.4) is 0 Å². The van der Waals surface area contributed by atoms with Crippen molar-refractivity contribution in [2.24, 2.45) is 23.3 Å². The van der Waals surface area contributed by atoms with E-state index >= 15 is 0 Å². The van der Waals surface area contributed by atoms with Crippen LogP contribution in [0.5, 0.6) is 0 Å². The normalized spacial score (nSPS) is 8.00. The summed E-state index contributed by atoms with van der Waals surface area (Å²) < 4.78 is 0. The summed E-state index contributed by atoms with van der Waals surface area (Å²) in [6.45, 7) is 6.05. The van der Waals surface area contributed by atoms with Crippen molar-refractivity contribution in [1.29, 1.82) is 0 Å². The number of hydrogen-bond donors (Lipinski definition) is 7. The summed E-state index contributed by atoms with van der Waals surface area (Å²) in [5.41, 5.74) is 13.1. The molecule has 7 heteroatoms. The molecule has 0 fully saturated rings. The summed E-state index contributed by atoms with van der Waals surface area (Å²) in [5.74, 6) is 12.9. The number of nitrogens with one attached hydrogen (secondary N) is 3. The molecule has 0 aliphatic heterocycles. The maximum absolute atomic E-state index is 5.27. The molecule has 0 aromatic heterocycles. The Morgan fingerprint density at radius 2 is 1.33 bits per heavy atom. The van der Waals surface area contributed by atoms with Crippen molar-refractivity contribution in [3.05, 3.63) is 0 Å². The largest absolute Gasteiger partial charge is 0.330 e. The van der Waals surface area contributed by atoms with Crippen molar-refractivity contribution in [1.82, 2.24) is 16.3 Å². The maximum Gasteiger partial charge on any atom is 0.00947 e. The molecule has 116 valence electrons. The fraction of sp³-hybridized carbons (Fsp3) is 1.00. The number of unbranched alkanes of at least 4 members (excludes halogenated alkanes) is 3. The summed E-state index contributed by atoms with van der Waals surface area (Å²) in [5, 5.41) is 0. The van der Waals surface area contributed by atoms with E-state index in [2.05, 4.69) is 41.8 Å². The molecule has 0 bridgehead atoms. The average Bonchev–Trinajstić information content (AvgIpc) is 2.43. The molecule has 18 heavy (non-hydrogen) atoms. The van der Waals surface area contributed by atoms with E-state index in [1.165, 1.54) is 25.7 Å². The number of rotatable bonds is 7. The predicted molar refractivity (Wildman–Crippen MR) is 82.2 cm³/mol. The van der Waals surface area contributed by atoms with Crippen molar-refractivity contribution in [3.63, 3.8) is 0 Å². The van der Waals surface area contributed by atoms with Crippen LogP contribution >= 0.6 is 0 Å². The molecule has 0 aromatic carbocycles. The van der Waals surface area contributed by atoms with Crippen molar-refractivity contribution in [2.75, 3.05) is 27.2 Å². The molecule has 0 spiro atoms. The van der Waals surface area contributed by atoms with Crippen molar-refractivity contribution in [3.8, 4) is 0 Å². The van der Waals surface area contributed by atoms with Crippen molar-refractivity contribution < 1.29 is 0 Å². The highest BCUT2D eigenvalue weighted by Crippen LogP contribution is 1.95. The summed E-state index contributed by atoms with van der Waals surface area (Å²) in [6.07, 6.45) is 6.27. The molecular formula is C11H37N7. The lowest BCUT2D eigenvalue weighted by Crippen LogP contribution is -2.21. The SMILES string of the molecule is CCCCCCN.CCCNN.CNNC.NN. The third kappa shape index (κ3) is 75.4. The Bertz CT molecular complexity index is 75.8. The van der Waals surface area contributed by atoms with Crippen LogP contribution in [0.2, 0.25) is 0 Å².